The molecule has 8 nitrogen and oxygen atoms in total. The largest absolute Gasteiger partial charge is 0.468 e. The number of nitrogens with two attached hydrogens (primary N) is 1. The van der Waals surface area contributed by atoms with Gasteiger partial charge in [-0.2, -0.15) is 0 Å². The van der Waals surface area contributed by atoms with E-state index >= 15 is 0 Å². The number of ether oxygens (including phenoxy) is 4. The Morgan fingerprint density at radius 1 is 0.944 bits per heavy atom. The molecule has 0 radical (unpaired) electrons. The zero-order valence-electron chi connectivity index (χ0n) is 19.8. The minimum Gasteiger partial charge on any atom is -0.468 e. The number of hydrogen-bond donors (Lipinski definition) is 1. The molecule has 2 N–H and O–H groups in total. The monoisotopic (exact) mass is 522 g/mol. The summed E-state index contributed by atoms with van der Waals surface area (Å²) < 4.78 is 91.8. The molecule has 1 aliphatic rings. The lowest BCUT2D eigenvalue weighted by molar-refractivity contribution is -0.143. The fraction of sp³-hybridized carbons (Fsp3) is 0.522. The van der Waals surface area contributed by atoms with Gasteiger partial charge >= 0.3 is 11.9 Å². The quantitative estimate of drug-likeness (QED) is 0.140. The third-order valence-corrected chi connectivity index (χ3v) is 5.20. The highest BCUT2D eigenvalue weighted by Gasteiger charge is 2.45. The fourth-order valence-electron chi connectivity index (χ4n) is 3.52. The molecule has 1 aromatic carbocycles. The van der Waals surface area contributed by atoms with Crippen molar-refractivity contribution >= 4 is 18.2 Å². The van der Waals surface area contributed by atoms with Gasteiger partial charge in [0.25, 0.3) is 0 Å². The molecular weight excluding hydrogens is 495 g/mol. The molecule has 0 bridgehead atoms. The van der Waals surface area contributed by atoms with Crippen LogP contribution in [0.4, 0.5) is 22.0 Å². The average Bonchev–Trinajstić information content (AvgIpc) is 2.87. The van der Waals surface area contributed by atoms with Crippen molar-refractivity contribution < 1.29 is 50.5 Å². The molecule has 2 unspecified atom stereocenters. The Balaban J connectivity index is 2.49. The molecule has 0 amide bonds. The van der Waals surface area contributed by atoms with E-state index in [9.17, 15) is 31.5 Å². The number of nitrogens with zero attached hydrogens (tertiary/aromatic N) is 1. The van der Waals surface area contributed by atoms with Gasteiger partial charge in [0, 0.05) is 37.5 Å². The summed E-state index contributed by atoms with van der Waals surface area (Å²) in [6.45, 7) is 2.31. The Morgan fingerprint density at radius 2 is 1.53 bits per heavy atom. The molecule has 0 spiro atoms. The number of hydrogen-bond acceptors (Lipinski definition) is 8. The number of benzene rings is 1. The summed E-state index contributed by atoms with van der Waals surface area (Å²) in [7, 11) is 0.952. The Hall–Kier alpha value is -2.90. The number of esters is 2. The molecule has 2 atom stereocenters. The summed E-state index contributed by atoms with van der Waals surface area (Å²) in [6.07, 6.45) is 2.04. The zero-order valence-corrected chi connectivity index (χ0v) is 19.8. The normalized spacial score (nSPS) is 17.4. The van der Waals surface area contributed by atoms with Gasteiger partial charge in [-0.05, 0) is 26.3 Å². The van der Waals surface area contributed by atoms with Crippen molar-refractivity contribution in [3.8, 4) is 0 Å². The Kier molecular flexibility index (Phi) is 11.4. The predicted octanol–water partition coefficient (Wildman–Crippen LogP) is 2.93. The van der Waals surface area contributed by atoms with E-state index in [-0.39, 0.29) is 25.5 Å². The van der Waals surface area contributed by atoms with Crippen LogP contribution in [-0.4, -0.2) is 64.8 Å². The first kappa shape index (κ1) is 29.3. The molecule has 0 aliphatic carbocycles. The average molecular weight is 522 g/mol. The predicted molar refractivity (Wildman–Crippen MR) is 117 cm³/mol. The van der Waals surface area contributed by atoms with Crippen molar-refractivity contribution in [1.29, 1.82) is 0 Å². The number of methoxy groups -OCH3 is 1. The van der Waals surface area contributed by atoms with Crippen molar-refractivity contribution in [3.63, 3.8) is 0 Å². The lowest BCUT2D eigenvalue weighted by Gasteiger charge is -2.29. The summed E-state index contributed by atoms with van der Waals surface area (Å²) >= 11 is 0. The maximum Gasteiger partial charge on any atom is 0.336 e. The van der Waals surface area contributed by atoms with Gasteiger partial charge in [-0.15, -0.1) is 0 Å². The number of carbonyl (C=O) groups excluding carboxylic acids is 2. The molecule has 36 heavy (non-hydrogen) atoms. The number of halogens is 5. The summed E-state index contributed by atoms with van der Waals surface area (Å²) in [4.78, 5) is 29.2. The molecule has 200 valence electrons. The molecule has 13 heteroatoms. The van der Waals surface area contributed by atoms with Gasteiger partial charge in [-0.1, -0.05) is 0 Å². The van der Waals surface area contributed by atoms with Gasteiger partial charge in [-0.25, -0.2) is 26.7 Å². The standard InChI is InChI=1S/C23H27F5N2O6/c1-3-36-23(32)15-13(11-35-9-5-8-34-7-4-6-29)30-10-12(22(31)33-2)14(15)16-17(24)19(26)21(28)20(27)18(16)25/h10,12,14H,3-9,11,29H2,1-2H3. The molecular formula is C23H27F5N2O6. The van der Waals surface area contributed by atoms with Crippen molar-refractivity contribution in [2.24, 2.45) is 16.6 Å². The first-order chi connectivity index (χ1) is 17.2. The second-order valence-corrected chi connectivity index (χ2v) is 7.53. The van der Waals surface area contributed by atoms with Gasteiger partial charge in [-0.3, -0.25) is 9.79 Å². The van der Waals surface area contributed by atoms with Crippen LogP contribution < -0.4 is 5.73 Å². The van der Waals surface area contributed by atoms with Crippen LogP contribution in [0.15, 0.2) is 16.3 Å². The molecule has 0 fully saturated rings. The third-order valence-electron chi connectivity index (χ3n) is 5.20. The van der Waals surface area contributed by atoms with Crippen LogP contribution in [0.1, 0.15) is 31.2 Å². The molecule has 1 aliphatic heterocycles. The minimum absolute atomic E-state index is 0.130. The zero-order chi connectivity index (χ0) is 26.8. The topological polar surface area (TPSA) is 109 Å². The molecule has 0 saturated heterocycles. The lowest BCUT2D eigenvalue weighted by atomic mass is 9.77. The molecule has 1 heterocycles. The fourth-order valence-corrected chi connectivity index (χ4v) is 3.52. The van der Waals surface area contributed by atoms with Gasteiger partial charge in [0.15, 0.2) is 23.3 Å². The second kappa shape index (κ2) is 14.0. The summed E-state index contributed by atoms with van der Waals surface area (Å²) in [5.41, 5.74) is 3.19. The van der Waals surface area contributed by atoms with Crippen molar-refractivity contribution in [2.75, 3.05) is 46.7 Å². The molecule has 0 saturated carbocycles. The summed E-state index contributed by atoms with van der Waals surface area (Å²) in [5, 5.41) is 0. The Morgan fingerprint density at radius 3 is 2.11 bits per heavy atom. The van der Waals surface area contributed by atoms with Gasteiger partial charge in [0.2, 0.25) is 5.82 Å². The highest BCUT2D eigenvalue weighted by molar-refractivity contribution is 6.00. The van der Waals surface area contributed by atoms with Crippen LogP contribution >= 0.6 is 0 Å². The van der Waals surface area contributed by atoms with Crippen molar-refractivity contribution in [1.82, 2.24) is 0 Å². The number of carbonyl (C=O) groups is 2. The molecule has 2 rings (SSSR count). The first-order valence-corrected chi connectivity index (χ1v) is 11.1. The smallest absolute Gasteiger partial charge is 0.336 e. The maximum atomic E-state index is 14.8. The number of aliphatic imine (C=N–C) groups is 1. The SMILES string of the molecule is CCOC(=O)C1=C(COCCCOCCCN)N=CC(C(=O)OC)C1c1c(F)c(F)c(F)c(F)c1F. The molecule has 1 aromatic rings. The van der Waals surface area contributed by atoms with E-state index in [1.165, 1.54) is 6.92 Å². The van der Waals surface area contributed by atoms with Gasteiger partial charge in [0.05, 0.1) is 31.6 Å². The third kappa shape index (κ3) is 6.65. The van der Waals surface area contributed by atoms with Crippen molar-refractivity contribution in [3.05, 3.63) is 45.9 Å². The molecule has 0 aromatic heterocycles. The van der Waals surface area contributed by atoms with Crippen LogP contribution in [0.5, 0.6) is 0 Å². The van der Waals surface area contributed by atoms with Crippen LogP contribution in [0.3, 0.4) is 0 Å². The first-order valence-electron chi connectivity index (χ1n) is 11.1. The maximum absolute atomic E-state index is 14.8. The highest BCUT2D eigenvalue weighted by Crippen LogP contribution is 2.42. The van der Waals surface area contributed by atoms with Crippen molar-refractivity contribution in [2.45, 2.75) is 25.7 Å². The lowest BCUT2D eigenvalue weighted by Crippen LogP contribution is -2.35. The summed E-state index contributed by atoms with van der Waals surface area (Å²) in [6, 6.07) is 0. The number of rotatable bonds is 13. The van der Waals surface area contributed by atoms with E-state index in [0.717, 1.165) is 13.3 Å². The van der Waals surface area contributed by atoms with Gasteiger partial charge < -0.3 is 24.7 Å². The van der Waals surface area contributed by atoms with Gasteiger partial charge in [0.1, 0.15) is 5.92 Å². The van der Waals surface area contributed by atoms with Crippen LogP contribution in [-0.2, 0) is 28.5 Å². The van der Waals surface area contributed by atoms with E-state index in [1.54, 1.807) is 0 Å². The van der Waals surface area contributed by atoms with E-state index < -0.39 is 64.0 Å². The Labute approximate surface area is 204 Å². The van der Waals surface area contributed by atoms with E-state index in [4.69, 9.17) is 19.9 Å². The van der Waals surface area contributed by atoms with E-state index in [1.807, 2.05) is 0 Å². The Bertz CT molecular complexity index is 988. The van der Waals surface area contributed by atoms with Crippen LogP contribution in [0.25, 0.3) is 0 Å². The van der Waals surface area contributed by atoms with E-state index in [2.05, 4.69) is 9.73 Å². The highest BCUT2D eigenvalue weighted by atomic mass is 19.2. The van der Waals surface area contributed by atoms with Crippen LogP contribution in [0.2, 0.25) is 0 Å². The minimum atomic E-state index is -2.38. The van der Waals surface area contributed by atoms with E-state index in [0.29, 0.717) is 32.6 Å². The summed E-state index contributed by atoms with van der Waals surface area (Å²) in [5.74, 6) is -17.2. The van der Waals surface area contributed by atoms with Crippen LogP contribution in [0, 0.1) is 35.0 Å². The second-order valence-electron chi connectivity index (χ2n) is 7.53.